The van der Waals surface area contributed by atoms with Crippen LogP contribution in [0.5, 0.6) is 0 Å². The van der Waals surface area contributed by atoms with Crippen molar-refractivity contribution in [1.29, 1.82) is 0 Å². The summed E-state index contributed by atoms with van der Waals surface area (Å²) in [5.74, 6) is 0.562. The Labute approximate surface area is 96.7 Å². The van der Waals surface area contributed by atoms with Crippen molar-refractivity contribution in [2.75, 3.05) is 18.4 Å². The molecule has 16 heavy (non-hydrogen) atoms. The molecule has 0 bridgehead atoms. The molecule has 0 spiro atoms. The Hall–Kier alpha value is -1.65. The van der Waals surface area contributed by atoms with E-state index < -0.39 is 0 Å². The fraction of sp³-hybridized carbons (Fsp3) is 0.545. The zero-order valence-electron chi connectivity index (χ0n) is 10.4. The van der Waals surface area contributed by atoms with E-state index in [1.54, 1.807) is 6.20 Å². The molecule has 0 aromatic carbocycles. The second-order valence-corrected chi connectivity index (χ2v) is 2.93. The minimum absolute atomic E-state index is 0.0306. The van der Waals surface area contributed by atoms with Crippen LogP contribution in [0.4, 0.5) is 5.95 Å². The average Bonchev–Trinajstić information content (AvgIpc) is 2.27. The molecule has 0 radical (unpaired) electrons. The smallest absolute Gasteiger partial charge is 0.222 e. The Morgan fingerprint density at radius 2 is 2.06 bits per heavy atom. The molecule has 0 aliphatic heterocycles. The molecular weight excluding hydrogens is 204 g/mol. The first-order valence-corrected chi connectivity index (χ1v) is 5.46. The third-order valence-corrected chi connectivity index (χ3v) is 1.58. The van der Waals surface area contributed by atoms with Crippen LogP contribution in [0.2, 0.25) is 0 Å². The number of aryl methyl sites for hydroxylation is 1. The van der Waals surface area contributed by atoms with Crippen LogP contribution in [0.1, 0.15) is 26.5 Å². The molecule has 1 aromatic rings. The Bertz CT molecular complexity index is 315. The number of rotatable bonds is 4. The molecule has 1 amide bonds. The Kier molecular flexibility index (Phi) is 7.75. The fourth-order valence-corrected chi connectivity index (χ4v) is 0.947. The van der Waals surface area contributed by atoms with E-state index in [0.717, 1.165) is 5.69 Å². The molecule has 0 unspecified atom stereocenters. The first-order valence-electron chi connectivity index (χ1n) is 5.46. The molecule has 0 saturated heterocycles. The summed E-state index contributed by atoms with van der Waals surface area (Å²) in [6.45, 7) is 8.60. The summed E-state index contributed by atoms with van der Waals surface area (Å²) in [6, 6.07) is 1.83. The van der Waals surface area contributed by atoms with Crippen LogP contribution in [-0.2, 0) is 4.79 Å². The zero-order valence-corrected chi connectivity index (χ0v) is 10.4. The van der Waals surface area contributed by atoms with E-state index >= 15 is 0 Å². The van der Waals surface area contributed by atoms with E-state index in [1.165, 1.54) is 6.92 Å². The normalized spacial score (nSPS) is 8.75. The highest BCUT2D eigenvalue weighted by molar-refractivity contribution is 5.72. The lowest BCUT2D eigenvalue weighted by Gasteiger charge is -2.04. The van der Waals surface area contributed by atoms with E-state index in [0.29, 0.717) is 19.0 Å². The molecule has 5 nitrogen and oxygen atoms in total. The molecule has 0 saturated carbocycles. The molecule has 0 atom stereocenters. The summed E-state index contributed by atoms with van der Waals surface area (Å²) < 4.78 is 0. The second kappa shape index (κ2) is 8.64. The van der Waals surface area contributed by atoms with Crippen LogP contribution in [0.25, 0.3) is 0 Å². The van der Waals surface area contributed by atoms with Crippen LogP contribution in [-0.4, -0.2) is 29.0 Å². The number of amides is 1. The number of anilines is 1. The highest BCUT2D eigenvalue weighted by Crippen LogP contribution is 1.97. The Morgan fingerprint density at radius 3 is 2.62 bits per heavy atom. The van der Waals surface area contributed by atoms with Crippen LogP contribution in [0, 0.1) is 6.92 Å². The van der Waals surface area contributed by atoms with Gasteiger partial charge >= 0.3 is 0 Å². The molecule has 0 fully saturated rings. The minimum atomic E-state index is -0.0306. The average molecular weight is 224 g/mol. The van der Waals surface area contributed by atoms with Gasteiger partial charge in [0.05, 0.1) is 0 Å². The third-order valence-electron chi connectivity index (χ3n) is 1.58. The van der Waals surface area contributed by atoms with Gasteiger partial charge in [-0.1, -0.05) is 13.8 Å². The molecule has 1 heterocycles. The SMILES string of the molecule is CC.CC(=O)NCCNc1nccc(C)n1. The summed E-state index contributed by atoms with van der Waals surface area (Å²) in [6.07, 6.45) is 1.70. The lowest BCUT2D eigenvalue weighted by molar-refractivity contribution is -0.118. The van der Waals surface area contributed by atoms with E-state index in [1.807, 2.05) is 26.8 Å². The van der Waals surface area contributed by atoms with Gasteiger partial charge in [-0.15, -0.1) is 0 Å². The van der Waals surface area contributed by atoms with Crippen LogP contribution in [0.15, 0.2) is 12.3 Å². The topological polar surface area (TPSA) is 66.9 Å². The summed E-state index contributed by atoms with van der Waals surface area (Å²) >= 11 is 0. The van der Waals surface area contributed by atoms with Crippen LogP contribution < -0.4 is 10.6 Å². The van der Waals surface area contributed by atoms with Gasteiger partial charge in [0.25, 0.3) is 0 Å². The first kappa shape index (κ1) is 14.3. The lowest BCUT2D eigenvalue weighted by atomic mass is 10.5. The maximum atomic E-state index is 10.5. The third kappa shape index (κ3) is 6.75. The predicted octanol–water partition coefficient (Wildman–Crippen LogP) is 1.36. The number of nitrogens with one attached hydrogen (secondary N) is 2. The minimum Gasteiger partial charge on any atom is -0.355 e. The zero-order chi connectivity index (χ0) is 12.4. The van der Waals surface area contributed by atoms with Crippen molar-refractivity contribution in [3.8, 4) is 0 Å². The summed E-state index contributed by atoms with van der Waals surface area (Å²) in [7, 11) is 0. The van der Waals surface area contributed by atoms with Gasteiger partial charge in [0.2, 0.25) is 11.9 Å². The van der Waals surface area contributed by atoms with Gasteiger partial charge in [0.15, 0.2) is 0 Å². The van der Waals surface area contributed by atoms with Gasteiger partial charge in [0.1, 0.15) is 0 Å². The molecule has 5 heteroatoms. The van der Waals surface area contributed by atoms with Crippen LogP contribution >= 0.6 is 0 Å². The van der Waals surface area contributed by atoms with Crippen molar-refractivity contribution in [2.45, 2.75) is 27.7 Å². The van der Waals surface area contributed by atoms with E-state index in [9.17, 15) is 4.79 Å². The standard InChI is InChI=1S/C9H14N4O.C2H6/c1-7-3-4-11-9(13-7)12-6-5-10-8(2)14;1-2/h3-4H,5-6H2,1-2H3,(H,10,14)(H,11,12,13);1-2H3. The number of hydrogen-bond acceptors (Lipinski definition) is 4. The fourth-order valence-electron chi connectivity index (χ4n) is 0.947. The Balaban J connectivity index is 0.00000106. The van der Waals surface area contributed by atoms with Gasteiger partial charge in [-0.2, -0.15) is 0 Å². The summed E-state index contributed by atoms with van der Waals surface area (Å²) in [4.78, 5) is 18.7. The second-order valence-electron chi connectivity index (χ2n) is 2.93. The highest BCUT2D eigenvalue weighted by Gasteiger charge is 1.94. The Morgan fingerprint density at radius 1 is 1.38 bits per heavy atom. The number of carbonyl (C=O) groups is 1. The molecule has 0 aliphatic rings. The van der Waals surface area contributed by atoms with Crippen molar-refractivity contribution in [3.05, 3.63) is 18.0 Å². The number of aromatic nitrogens is 2. The largest absolute Gasteiger partial charge is 0.355 e. The molecule has 1 aromatic heterocycles. The summed E-state index contributed by atoms with van der Waals surface area (Å²) in [5.41, 5.74) is 0.919. The summed E-state index contributed by atoms with van der Waals surface area (Å²) in [5, 5.41) is 5.68. The monoisotopic (exact) mass is 224 g/mol. The number of carbonyl (C=O) groups excluding carboxylic acids is 1. The van der Waals surface area contributed by atoms with Crippen molar-refractivity contribution in [1.82, 2.24) is 15.3 Å². The molecule has 2 N–H and O–H groups in total. The van der Waals surface area contributed by atoms with Crippen LogP contribution in [0.3, 0.4) is 0 Å². The predicted molar refractivity (Wildman–Crippen MR) is 65.3 cm³/mol. The maximum Gasteiger partial charge on any atom is 0.222 e. The van der Waals surface area contributed by atoms with Gasteiger partial charge in [0, 0.05) is 31.9 Å². The lowest BCUT2D eigenvalue weighted by Crippen LogP contribution is -2.26. The van der Waals surface area contributed by atoms with Gasteiger partial charge < -0.3 is 10.6 Å². The van der Waals surface area contributed by atoms with Crippen molar-refractivity contribution in [2.24, 2.45) is 0 Å². The van der Waals surface area contributed by atoms with Crippen molar-refractivity contribution >= 4 is 11.9 Å². The number of hydrogen-bond donors (Lipinski definition) is 2. The highest BCUT2D eigenvalue weighted by atomic mass is 16.1. The van der Waals surface area contributed by atoms with Gasteiger partial charge in [-0.25, -0.2) is 9.97 Å². The van der Waals surface area contributed by atoms with E-state index in [4.69, 9.17) is 0 Å². The van der Waals surface area contributed by atoms with Gasteiger partial charge in [-0.3, -0.25) is 4.79 Å². The molecule has 90 valence electrons. The van der Waals surface area contributed by atoms with E-state index in [2.05, 4.69) is 20.6 Å². The molecule has 1 rings (SSSR count). The maximum absolute atomic E-state index is 10.5. The molecule has 0 aliphatic carbocycles. The quantitative estimate of drug-likeness (QED) is 0.758. The number of nitrogens with zero attached hydrogens (tertiary/aromatic N) is 2. The van der Waals surface area contributed by atoms with E-state index in [-0.39, 0.29) is 5.91 Å². The molecular formula is C11H20N4O. The first-order chi connectivity index (χ1) is 7.68. The van der Waals surface area contributed by atoms with Crippen molar-refractivity contribution in [3.63, 3.8) is 0 Å². The van der Waals surface area contributed by atoms with Crippen molar-refractivity contribution < 1.29 is 4.79 Å². The van der Waals surface area contributed by atoms with Gasteiger partial charge in [-0.05, 0) is 13.0 Å².